The first-order valence-electron chi connectivity index (χ1n) is 12.3. The summed E-state index contributed by atoms with van der Waals surface area (Å²) in [6.07, 6.45) is 6.04. The van der Waals surface area contributed by atoms with Crippen molar-refractivity contribution in [3.8, 4) is 0 Å². The quantitative estimate of drug-likeness (QED) is 0.464. The number of amides is 2. The maximum atomic E-state index is 13.6. The van der Waals surface area contributed by atoms with Gasteiger partial charge in [-0.1, -0.05) is 55.5 Å². The van der Waals surface area contributed by atoms with Gasteiger partial charge in [-0.2, -0.15) is 0 Å². The van der Waals surface area contributed by atoms with Crippen LogP contribution in [0.15, 0.2) is 66.9 Å². The Hall–Kier alpha value is -3.21. The number of cyclic esters (lactones) is 1. The number of rotatable bonds is 5. The highest BCUT2D eigenvalue weighted by Crippen LogP contribution is 2.42. The fraction of sp³-hybridized carbons (Fsp3) is 0.414. The second kappa shape index (κ2) is 9.21. The molecule has 2 atom stereocenters. The number of fused-ring (bicyclic) bond motifs is 1. The lowest BCUT2D eigenvalue weighted by Crippen LogP contribution is -2.52. The van der Waals surface area contributed by atoms with E-state index < -0.39 is 11.6 Å². The molecule has 2 fully saturated rings. The molecule has 1 aromatic heterocycles. The van der Waals surface area contributed by atoms with Crippen molar-refractivity contribution in [3.63, 3.8) is 0 Å². The second-order valence-electron chi connectivity index (χ2n) is 10.2. The number of nitrogens with zero attached hydrogens (tertiary/aromatic N) is 2. The van der Waals surface area contributed by atoms with Crippen LogP contribution in [0.4, 0.5) is 4.79 Å². The molecular formula is C29H32N2O3. The molecule has 0 N–H and O–H groups in total. The molecule has 0 unspecified atom stereocenters. The molecule has 1 saturated heterocycles. The molecule has 2 aromatic carbocycles. The van der Waals surface area contributed by atoms with Crippen molar-refractivity contribution >= 4 is 22.9 Å². The summed E-state index contributed by atoms with van der Waals surface area (Å²) in [4.78, 5) is 32.2. The summed E-state index contributed by atoms with van der Waals surface area (Å²) in [6.45, 7) is 4.19. The van der Waals surface area contributed by atoms with Crippen LogP contribution >= 0.6 is 0 Å². The molecule has 2 amide bonds. The van der Waals surface area contributed by atoms with E-state index in [1.807, 2.05) is 56.4 Å². The van der Waals surface area contributed by atoms with Crippen molar-refractivity contribution in [1.82, 2.24) is 9.88 Å². The molecule has 5 heteroatoms. The van der Waals surface area contributed by atoms with Gasteiger partial charge in [0.2, 0.25) is 5.91 Å². The average molecular weight is 457 g/mol. The van der Waals surface area contributed by atoms with E-state index in [4.69, 9.17) is 4.74 Å². The number of imide groups is 1. The van der Waals surface area contributed by atoms with E-state index in [0.717, 1.165) is 36.8 Å². The Labute approximate surface area is 201 Å². The fourth-order valence-electron chi connectivity index (χ4n) is 5.90. The topological polar surface area (TPSA) is 59.5 Å². The summed E-state index contributed by atoms with van der Waals surface area (Å²) in [5.74, 6) is 0.437. The van der Waals surface area contributed by atoms with E-state index >= 15 is 0 Å². The number of hydrogen-bond donors (Lipinski definition) is 0. The van der Waals surface area contributed by atoms with Crippen LogP contribution in [0.5, 0.6) is 0 Å². The highest BCUT2D eigenvalue weighted by molar-refractivity contribution is 5.95. The third-order valence-electron chi connectivity index (χ3n) is 7.87. The third-order valence-corrected chi connectivity index (χ3v) is 7.87. The predicted octanol–water partition coefficient (Wildman–Crippen LogP) is 6.12. The van der Waals surface area contributed by atoms with Gasteiger partial charge in [-0.3, -0.25) is 9.78 Å². The van der Waals surface area contributed by atoms with Crippen LogP contribution in [0.2, 0.25) is 0 Å². The molecule has 34 heavy (non-hydrogen) atoms. The first kappa shape index (κ1) is 22.6. The van der Waals surface area contributed by atoms with Crippen LogP contribution in [-0.2, 0) is 16.0 Å². The number of ether oxygens (including phenoxy) is 1. The molecule has 2 heterocycles. The molecular weight excluding hydrogens is 424 g/mol. The second-order valence-corrected chi connectivity index (χ2v) is 10.2. The Morgan fingerprint density at radius 3 is 2.53 bits per heavy atom. The lowest BCUT2D eigenvalue weighted by atomic mass is 9.73. The zero-order chi connectivity index (χ0) is 23.7. The Kier molecular flexibility index (Phi) is 6.11. The van der Waals surface area contributed by atoms with Gasteiger partial charge in [-0.15, -0.1) is 0 Å². The summed E-state index contributed by atoms with van der Waals surface area (Å²) in [7, 11) is 0. The van der Waals surface area contributed by atoms with Crippen LogP contribution in [0.25, 0.3) is 10.9 Å². The van der Waals surface area contributed by atoms with Crippen LogP contribution in [0.3, 0.4) is 0 Å². The normalized spacial score (nSPS) is 25.8. The molecule has 3 aromatic rings. The largest absolute Gasteiger partial charge is 0.447 e. The predicted molar refractivity (Wildman–Crippen MR) is 132 cm³/mol. The zero-order valence-corrected chi connectivity index (χ0v) is 19.9. The monoisotopic (exact) mass is 456 g/mol. The summed E-state index contributed by atoms with van der Waals surface area (Å²) in [5.41, 5.74) is 2.84. The highest BCUT2D eigenvalue weighted by Gasteiger charge is 2.49. The van der Waals surface area contributed by atoms with Gasteiger partial charge in [0, 0.05) is 17.5 Å². The van der Waals surface area contributed by atoms with Crippen molar-refractivity contribution in [2.24, 2.45) is 11.8 Å². The summed E-state index contributed by atoms with van der Waals surface area (Å²) < 4.78 is 5.39. The van der Waals surface area contributed by atoms with Crippen molar-refractivity contribution in [2.45, 2.75) is 57.4 Å². The van der Waals surface area contributed by atoms with Gasteiger partial charge in [0.1, 0.15) is 6.61 Å². The maximum Gasteiger partial charge on any atom is 0.417 e. The molecule has 5 rings (SSSR count). The number of hydrogen-bond acceptors (Lipinski definition) is 4. The Morgan fingerprint density at radius 2 is 1.76 bits per heavy atom. The minimum atomic E-state index is -0.656. The van der Waals surface area contributed by atoms with Crippen LogP contribution in [0.1, 0.15) is 56.6 Å². The highest BCUT2D eigenvalue weighted by atomic mass is 16.6. The number of carbonyl (C=O) groups is 2. The molecule has 1 aliphatic heterocycles. The minimum Gasteiger partial charge on any atom is -0.447 e. The van der Waals surface area contributed by atoms with Gasteiger partial charge in [-0.05, 0) is 74.1 Å². The first-order valence-corrected chi connectivity index (χ1v) is 12.3. The van der Waals surface area contributed by atoms with Gasteiger partial charge in [0.15, 0.2) is 0 Å². The zero-order valence-electron chi connectivity index (χ0n) is 19.9. The smallest absolute Gasteiger partial charge is 0.417 e. The van der Waals surface area contributed by atoms with Crippen LogP contribution < -0.4 is 0 Å². The summed E-state index contributed by atoms with van der Waals surface area (Å²) >= 11 is 0. The number of pyridine rings is 1. The number of para-hydroxylation sites is 1. The Morgan fingerprint density at radius 1 is 1.06 bits per heavy atom. The molecule has 0 bridgehead atoms. The van der Waals surface area contributed by atoms with Crippen molar-refractivity contribution < 1.29 is 14.3 Å². The van der Waals surface area contributed by atoms with Gasteiger partial charge in [-0.25, -0.2) is 9.69 Å². The molecule has 0 radical (unpaired) electrons. The van der Waals surface area contributed by atoms with Crippen molar-refractivity contribution in [1.29, 1.82) is 0 Å². The van der Waals surface area contributed by atoms with Gasteiger partial charge in [0.25, 0.3) is 0 Å². The third kappa shape index (κ3) is 4.20. The number of aromatic nitrogens is 1. The summed E-state index contributed by atoms with van der Waals surface area (Å²) in [6, 6.07) is 20.5. The summed E-state index contributed by atoms with van der Waals surface area (Å²) in [5, 5.41) is 1.23. The van der Waals surface area contributed by atoms with Crippen LogP contribution in [-0.4, -0.2) is 34.0 Å². The minimum absolute atomic E-state index is 0.0984. The SMILES string of the molecule is C[C@@H](C(=O)N1C(=O)OC[C@@]1(C)Cc1ccccc1)C1CCC(c2ccnc3ccccc23)CC1. The Bertz CT molecular complexity index is 1180. The molecule has 1 saturated carbocycles. The van der Waals surface area contributed by atoms with Gasteiger partial charge >= 0.3 is 6.09 Å². The average Bonchev–Trinajstić information content (AvgIpc) is 3.17. The van der Waals surface area contributed by atoms with Gasteiger partial charge < -0.3 is 4.74 Å². The van der Waals surface area contributed by atoms with Crippen molar-refractivity contribution in [2.75, 3.05) is 6.61 Å². The van der Waals surface area contributed by atoms with Gasteiger partial charge in [0.05, 0.1) is 11.1 Å². The molecule has 2 aliphatic rings. The van der Waals surface area contributed by atoms with E-state index in [1.165, 1.54) is 15.8 Å². The lowest BCUT2D eigenvalue weighted by molar-refractivity contribution is -0.137. The maximum absolute atomic E-state index is 13.6. The molecule has 176 valence electrons. The van der Waals surface area contributed by atoms with Crippen LogP contribution in [0, 0.1) is 11.8 Å². The fourth-order valence-corrected chi connectivity index (χ4v) is 5.90. The molecule has 0 spiro atoms. The van der Waals surface area contributed by atoms with E-state index in [0.29, 0.717) is 12.3 Å². The van der Waals surface area contributed by atoms with E-state index in [9.17, 15) is 9.59 Å². The van der Waals surface area contributed by atoms with E-state index in [1.54, 1.807) is 0 Å². The lowest BCUT2D eigenvalue weighted by Gasteiger charge is -2.36. The van der Waals surface area contributed by atoms with Crippen molar-refractivity contribution in [3.05, 3.63) is 78.0 Å². The molecule has 5 nitrogen and oxygen atoms in total. The van der Waals surface area contributed by atoms with E-state index in [-0.39, 0.29) is 24.3 Å². The Balaban J connectivity index is 1.28. The number of benzene rings is 2. The number of carbonyl (C=O) groups excluding carboxylic acids is 2. The van der Waals surface area contributed by atoms with E-state index in [2.05, 4.69) is 29.2 Å². The first-order chi connectivity index (χ1) is 16.5. The molecule has 1 aliphatic carbocycles. The standard InChI is InChI=1S/C29H32N2O3/c1-20(27(32)31-28(33)34-19-29(31,2)18-21-8-4-3-5-9-21)22-12-14-23(15-13-22)24-16-17-30-26-11-7-6-10-25(24)26/h3-11,16-17,20,22-23H,12-15,18-19H2,1-2H3/t20-,22?,23?,29-/m1/s1.